The predicted octanol–water partition coefficient (Wildman–Crippen LogP) is 4.14. The van der Waals surface area contributed by atoms with Gasteiger partial charge in [0.2, 0.25) is 0 Å². The molecule has 4 nitrogen and oxygen atoms in total. The first kappa shape index (κ1) is 14.4. The molecule has 0 aromatic heterocycles. The van der Waals surface area contributed by atoms with E-state index in [1.807, 2.05) is 0 Å². The summed E-state index contributed by atoms with van der Waals surface area (Å²) in [5, 5.41) is 14.0. The zero-order valence-corrected chi connectivity index (χ0v) is 11.7. The third kappa shape index (κ3) is 3.50. The summed E-state index contributed by atoms with van der Waals surface area (Å²) in [6.07, 6.45) is 1.42. The maximum atomic E-state index is 11.0. The van der Waals surface area contributed by atoms with Crippen molar-refractivity contribution < 1.29 is 9.90 Å². The van der Waals surface area contributed by atoms with Gasteiger partial charge in [-0.3, -0.25) is 5.43 Å². The highest BCUT2D eigenvalue weighted by atomic mass is 35.5. The summed E-state index contributed by atoms with van der Waals surface area (Å²) in [6.45, 7) is 0. The number of carboxylic acids is 1. The summed E-state index contributed by atoms with van der Waals surface area (Å²) >= 11 is 11.8. The van der Waals surface area contributed by atoms with Crippen LogP contribution >= 0.6 is 23.2 Å². The fraction of sp³-hybridized carbons (Fsp3) is 0. The summed E-state index contributed by atoms with van der Waals surface area (Å²) in [6, 6.07) is 11.5. The van der Waals surface area contributed by atoms with Crippen LogP contribution in [-0.2, 0) is 0 Å². The monoisotopic (exact) mass is 308 g/mol. The molecule has 0 amide bonds. The highest BCUT2D eigenvalue weighted by Crippen LogP contribution is 2.25. The minimum atomic E-state index is -1.01. The summed E-state index contributed by atoms with van der Waals surface area (Å²) in [5.74, 6) is -1.01. The first-order chi connectivity index (χ1) is 9.58. The molecule has 0 heterocycles. The second-order valence-electron chi connectivity index (χ2n) is 3.89. The highest BCUT2D eigenvalue weighted by Gasteiger charge is 2.06. The molecule has 20 heavy (non-hydrogen) atoms. The first-order valence-electron chi connectivity index (χ1n) is 5.64. The number of benzene rings is 2. The molecular weight excluding hydrogens is 299 g/mol. The van der Waals surface area contributed by atoms with Crippen molar-refractivity contribution >= 4 is 41.1 Å². The van der Waals surface area contributed by atoms with Crippen LogP contribution in [0.1, 0.15) is 15.9 Å². The zero-order valence-electron chi connectivity index (χ0n) is 10.2. The SMILES string of the molecule is O=C(O)c1ccccc1/C=N\Nc1cc(Cl)ccc1Cl. The molecule has 102 valence electrons. The van der Waals surface area contributed by atoms with Gasteiger partial charge in [-0.05, 0) is 24.3 Å². The number of rotatable bonds is 4. The lowest BCUT2D eigenvalue weighted by Crippen LogP contribution is -2.02. The van der Waals surface area contributed by atoms with E-state index in [2.05, 4.69) is 10.5 Å². The number of nitrogens with zero attached hydrogens (tertiary/aromatic N) is 1. The molecule has 2 aromatic rings. The molecule has 0 saturated heterocycles. The van der Waals surface area contributed by atoms with Crippen molar-refractivity contribution in [1.82, 2.24) is 0 Å². The molecule has 0 unspecified atom stereocenters. The minimum absolute atomic E-state index is 0.176. The molecule has 0 spiro atoms. The Morgan fingerprint density at radius 2 is 1.95 bits per heavy atom. The Hall–Kier alpha value is -2.04. The van der Waals surface area contributed by atoms with Gasteiger partial charge in [0.15, 0.2) is 0 Å². The molecule has 2 N–H and O–H groups in total. The molecule has 0 aliphatic carbocycles. The average Bonchev–Trinajstić information content (AvgIpc) is 2.43. The van der Waals surface area contributed by atoms with Gasteiger partial charge in [-0.25, -0.2) is 4.79 Å². The van der Waals surface area contributed by atoms with Crippen molar-refractivity contribution in [2.24, 2.45) is 5.10 Å². The summed E-state index contributed by atoms with van der Waals surface area (Å²) in [7, 11) is 0. The van der Waals surface area contributed by atoms with Gasteiger partial charge in [-0.2, -0.15) is 5.10 Å². The van der Waals surface area contributed by atoms with Gasteiger partial charge in [-0.1, -0.05) is 41.4 Å². The molecule has 0 saturated carbocycles. The highest BCUT2D eigenvalue weighted by molar-refractivity contribution is 6.35. The Morgan fingerprint density at radius 1 is 1.20 bits per heavy atom. The number of halogens is 2. The normalized spacial score (nSPS) is 10.7. The van der Waals surface area contributed by atoms with E-state index >= 15 is 0 Å². The molecular formula is C14H10Cl2N2O2. The lowest BCUT2D eigenvalue weighted by atomic mass is 10.1. The van der Waals surface area contributed by atoms with Gasteiger partial charge < -0.3 is 5.11 Å². The minimum Gasteiger partial charge on any atom is -0.478 e. The van der Waals surface area contributed by atoms with E-state index in [9.17, 15) is 4.79 Å². The van der Waals surface area contributed by atoms with Crippen LogP contribution < -0.4 is 5.43 Å². The maximum absolute atomic E-state index is 11.0. The number of aromatic carboxylic acids is 1. The van der Waals surface area contributed by atoms with E-state index in [0.29, 0.717) is 21.3 Å². The summed E-state index contributed by atoms with van der Waals surface area (Å²) in [4.78, 5) is 11.0. The smallest absolute Gasteiger partial charge is 0.336 e. The fourth-order valence-corrected chi connectivity index (χ4v) is 1.89. The predicted molar refractivity (Wildman–Crippen MR) is 81.1 cm³/mol. The van der Waals surface area contributed by atoms with Crippen LogP contribution in [0.15, 0.2) is 47.6 Å². The fourth-order valence-electron chi connectivity index (χ4n) is 1.56. The van der Waals surface area contributed by atoms with E-state index < -0.39 is 5.97 Å². The van der Waals surface area contributed by atoms with Crippen molar-refractivity contribution in [2.45, 2.75) is 0 Å². The Morgan fingerprint density at radius 3 is 2.70 bits per heavy atom. The molecule has 0 fully saturated rings. The zero-order chi connectivity index (χ0) is 14.5. The van der Waals surface area contributed by atoms with Crippen LogP contribution in [0.25, 0.3) is 0 Å². The van der Waals surface area contributed by atoms with E-state index in [4.69, 9.17) is 28.3 Å². The largest absolute Gasteiger partial charge is 0.478 e. The van der Waals surface area contributed by atoms with E-state index in [0.717, 1.165) is 0 Å². The average molecular weight is 309 g/mol. The lowest BCUT2D eigenvalue weighted by molar-refractivity contribution is 0.0697. The number of hydrazone groups is 1. The molecule has 2 rings (SSSR count). The van der Waals surface area contributed by atoms with Crippen LogP contribution in [-0.4, -0.2) is 17.3 Å². The van der Waals surface area contributed by atoms with Gasteiger partial charge in [-0.15, -0.1) is 0 Å². The van der Waals surface area contributed by atoms with Crippen LogP contribution in [0, 0.1) is 0 Å². The number of hydrogen-bond acceptors (Lipinski definition) is 3. The quantitative estimate of drug-likeness (QED) is 0.659. The van der Waals surface area contributed by atoms with E-state index in [1.165, 1.54) is 12.3 Å². The van der Waals surface area contributed by atoms with Crippen molar-refractivity contribution in [1.29, 1.82) is 0 Å². The van der Waals surface area contributed by atoms with Crippen molar-refractivity contribution in [3.8, 4) is 0 Å². The van der Waals surface area contributed by atoms with Crippen molar-refractivity contribution in [3.05, 3.63) is 63.6 Å². The lowest BCUT2D eigenvalue weighted by Gasteiger charge is -2.04. The number of anilines is 1. The van der Waals surface area contributed by atoms with Gasteiger partial charge in [0.25, 0.3) is 0 Å². The Balaban J connectivity index is 2.18. The van der Waals surface area contributed by atoms with Gasteiger partial charge in [0.1, 0.15) is 0 Å². The van der Waals surface area contributed by atoms with E-state index in [-0.39, 0.29) is 5.56 Å². The number of carboxylic acid groups (broad SMARTS) is 1. The molecule has 6 heteroatoms. The maximum Gasteiger partial charge on any atom is 0.336 e. The van der Waals surface area contributed by atoms with Crippen LogP contribution in [0.5, 0.6) is 0 Å². The molecule has 0 aliphatic heterocycles. The van der Waals surface area contributed by atoms with Crippen molar-refractivity contribution in [2.75, 3.05) is 5.43 Å². The molecule has 0 radical (unpaired) electrons. The molecule has 0 aliphatic rings. The van der Waals surface area contributed by atoms with Crippen LogP contribution in [0.3, 0.4) is 0 Å². The second-order valence-corrected chi connectivity index (χ2v) is 4.73. The number of nitrogens with one attached hydrogen (secondary N) is 1. The van der Waals surface area contributed by atoms with Gasteiger partial charge >= 0.3 is 5.97 Å². The third-order valence-electron chi connectivity index (χ3n) is 2.51. The van der Waals surface area contributed by atoms with Crippen molar-refractivity contribution in [3.63, 3.8) is 0 Å². The Bertz CT molecular complexity index is 672. The number of hydrogen-bond donors (Lipinski definition) is 2. The van der Waals surface area contributed by atoms with E-state index in [1.54, 1.807) is 36.4 Å². The van der Waals surface area contributed by atoms with Gasteiger partial charge in [0, 0.05) is 10.6 Å². The first-order valence-corrected chi connectivity index (χ1v) is 6.40. The third-order valence-corrected chi connectivity index (χ3v) is 3.07. The molecule has 2 aromatic carbocycles. The molecule has 0 bridgehead atoms. The topological polar surface area (TPSA) is 61.7 Å². The standard InChI is InChI=1S/C14H10Cl2N2O2/c15-10-5-6-12(16)13(7-10)18-17-8-9-3-1-2-4-11(9)14(19)20/h1-8,18H,(H,19,20)/b17-8-. The molecule has 0 atom stereocenters. The van der Waals surface area contributed by atoms with Gasteiger partial charge in [0.05, 0.1) is 22.5 Å². The Labute approximate surface area is 125 Å². The summed E-state index contributed by atoms with van der Waals surface area (Å²) in [5.41, 5.74) is 3.94. The Kier molecular flexibility index (Phi) is 4.61. The van der Waals surface area contributed by atoms with Crippen LogP contribution in [0.2, 0.25) is 10.0 Å². The second kappa shape index (κ2) is 6.41. The van der Waals surface area contributed by atoms with Crippen LogP contribution in [0.4, 0.5) is 5.69 Å². The number of carbonyl (C=O) groups is 1. The summed E-state index contributed by atoms with van der Waals surface area (Å²) < 4.78 is 0.